The van der Waals surface area contributed by atoms with Crippen LogP contribution in [0.1, 0.15) is 23.7 Å². The van der Waals surface area contributed by atoms with Crippen LogP contribution in [-0.4, -0.2) is 40.7 Å². The fourth-order valence-corrected chi connectivity index (χ4v) is 2.23. The lowest BCUT2D eigenvalue weighted by atomic mass is 9.97. The van der Waals surface area contributed by atoms with Crippen LogP contribution in [0.5, 0.6) is 0 Å². The van der Waals surface area contributed by atoms with E-state index in [1.165, 1.54) is 0 Å². The van der Waals surface area contributed by atoms with Gasteiger partial charge in [-0.1, -0.05) is 24.3 Å². The molecule has 7 nitrogen and oxygen atoms in total. The van der Waals surface area contributed by atoms with Gasteiger partial charge in [0.05, 0.1) is 13.0 Å². The van der Waals surface area contributed by atoms with Gasteiger partial charge in [0.15, 0.2) is 6.10 Å². The minimum atomic E-state index is -1.48. The van der Waals surface area contributed by atoms with Crippen LogP contribution in [0.25, 0.3) is 0 Å². The van der Waals surface area contributed by atoms with Gasteiger partial charge in [0.25, 0.3) is 5.91 Å². The SMILES string of the molecule is O=C(O)C[C@@H](NC(=O)C1OCCc2ccccc21)C(=O)O. The zero-order chi connectivity index (χ0) is 15.4. The number of hydrogen-bond acceptors (Lipinski definition) is 4. The molecule has 0 fully saturated rings. The third-order valence-corrected chi connectivity index (χ3v) is 3.22. The van der Waals surface area contributed by atoms with Crippen LogP contribution in [0, 0.1) is 0 Å². The number of carboxylic acids is 2. The minimum absolute atomic E-state index is 0.353. The Hall–Kier alpha value is -2.41. The molecular weight excluding hydrogens is 278 g/mol. The highest BCUT2D eigenvalue weighted by Gasteiger charge is 2.31. The lowest BCUT2D eigenvalue weighted by molar-refractivity contribution is -0.149. The minimum Gasteiger partial charge on any atom is -0.481 e. The van der Waals surface area contributed by atoms with Gasteiger partial charge in [-0.2, -0.15) is 0 Å². The first-order valence-corrected chi connectivity index (χ1v) is 6.43. The molecule has 0 radical (unpaired) electrons. The van der Waals surface area contributed by atoms with Crippen molar-refractivity contribution in [3.05, 3.63) is 35.4 Å². The largest absolute Gasteiger partial charge is 0.481 e. The summed E-state index contributed by atoms with van der Waals surface area (Å²) in [6.45, 7) is 0.353. The third-order valence-electron chi connectivity index (χ3n) is 3.22. The van der Waals surface area contributed by atoms with Crippen molar-refractivity contribution in [1.29, 1.82) is 0 Å². The van der Waals surface area contributed by atoms with Crippen LogP contribution in [0.2, 0.25) is 0 Å². The predicted octanol–water partition coefficient (Wildman–Crippen LogP) is 0.344. The van der Waals surface area contributed by atoms with Gasteiger partial charge in [-0.25, -0.2) is 4.79 Å². The molecule has 0 saturated heterocycles. The number of carbonyl (C=O) groups excluding carboxylic acids is 1. The monoisotopic (exact) mass is 293 g/mol. The van der Waals surface area contributed by atoms with Crippen molar-refractivity contribution in [1.82, 2.24) is 5.32 Å². The van der Waals surface area contributed by atoms with E-state index in [4.69, 9.17) is 14.9 Å². The summed E-state index contributed by atoms with van der Waals surface area (Å²) < 4.78 is 5.40. The van der Waals surface area contributed by atoms with E-state index < -0.39 is 36.4 Å². The average molecular weight is 293 g/mol. The molecule has 0 bridgehead atoms. The number of benzene rings is 1. The van der Waals surface area contributed by atoms with Crippen molar-refractivity contribution in [3.63, 3.8) is 0 Å². The topological polar surface area (TPSA) is 113 Å². The highest BCUT2D eigenvalue weighted by Crippen LogP contribution is 2.27. The smallest absolute Gasteiger partial charge is 0.326 e. The van der Waals surface area contributed by atoms with Crippen LogP contribution >= 0.6 is 0 Å². The van der Waals surface area contributed by atoms with Crippen LogP contribution in [0.3, 0.4) is 0 Å². The van der Waals surface area contributed by atoms with Crippen molar-refractivity contribution >= 4 is 17.8 Å². The predicted molar refractivity (Wildman–Crippen MR) is 70.7 cm³/mol. The molecule has 0 spiro atoms. The lowest BCUT2D eigenvalue weighted by Gasteiger charge is -2.26. The molecule has 21 heavy (non-hydrogen) atoms. The molecule has 0 aliphatic carbocycles. The van der Waals surface area contributed by atoms with Crippen LogP contribution in [-0.2, 0) is 25.5 Å². The highest BCUT2D eigenvalue weighted by molar-refractivity contribution is 5.89. The van der Waals surface area contributed by atoms with E-state index in [0.29, 0.717) is 18.6 Å². The maximum atomic E-state index is 12.2. The molecule has 0 aromatic heterocycles. The maximum Gasteiger partial charge on any atom is 0.326 e. The van der Waals surface area contributed by atoms with Gasteiger partial charge in [-0.05, 0) is 17.5 Å². The summed E-state index contributed by atoms with van der Waals surface area (Å²) in [7, 11) is 0. The van der Waals surface area contributed by atoms with Gasteiger partial charge in [0.2, 0.25) is 0 Å². The third kappa shape index (κ3) is 3.57. The average Bonchev–Trinajstić information content (AvgIpc) is 2.45. The van der Waals surface area contributed by atoms with Crippen LogP contribution in [0.4, 0.5) is 0 Å². The molecule has 1 amide bonds. The molecule has 7 heteroatoms. The van der Waals surface area contributed by atoms with E-state index in [2.05, 4.69) is 5.32 Å². The number of fused-ring (bicyclic) bond motifs is 1. The Balaban J connectivity index is 2.13. The Kier molecular flexibility index (Phi) is 4.54. The molecule has 3 N–H and O–H groups in total. The molecule has 1 aliphatic rings. The van der Waals surface area contributed by atoms with E-state index in [1.54, 1.807) is 12.1 Å². The first-order chi connectivity index (χ1) is 9.99. The molecule has 2 rings (SSSR count). The first kappa shape index (κ1) is 15.0. The Labute approximate surface area is 120 Å². The molecule has 1 heterocycles. The van der Waals surface area contributed by atoms with Crippen molar-refractivity contribution in [2.24, 2.45) is 0 Å². The quantitative estimate of drug-likeness (QED) is 0.721. The van der Waals surface area contributed by atoms with E-state index in [-0.39, 0.29) is 0 Å². The molecule has 112 valence electrons. The molecule has 2 atom stereocenters. The van der Waals surface area contributed by atoms with Crippen molar-refractivity contribution in [3.8, 4) is 0 Å². The second kappa shape index (κ2) is 6.36. The Bertz CT molecular complexity index is 570. The number of rotatable bonds is 5. The standard InChI is InChI=1S/C14H15NO6/c16-11(17)7-10(14(19)20)15-13(18)12-9-4-2-1-3-8(9)5-6-21-12/h1-4,10,12H,5-7H2,(H,15,18)(H,16,17)(H,19,20)/t10-,12?/m1/s1. The fraction of sp³-hybridized carbons (Fsp3) is 0.357. The number of carboxylic acid groups (broad SMARTS) is 2. The van der Waals surface area contributed by atoms with E-state index >= 15 is 0 Å². The highest BCUT2D eigenvalue weighted by atomic mass is 16.5. The van der Waals surface area contributed by atoms with Crippen LogP contribution < -0.4 is 5.32 Å². The van der Waals surface area contributed by atoms with Crippen molar-refractivity contribution < 1.29 is 29.3 Å². The summed E-state index contributed by atoms with van der Waals surface area (Å²) in [5, 5.41) is 19.8. The maximum absolute atomic E-state index is 12.2. The first-order valence-electron chi connectivity index (χ1n) is 6.43. The van der Waals surface area contributed by atoms with Gasteiger partial charge in [-0.3, -0.25) is 9.59 Å². The summed E-state index contributed by atoms with van der Waals surface area (Å²) in [5.41, 5.74) is 1.65. The fourth-order valence-electron chi connectivity index (χ4n) is 2.23. The lowest BCUT2D eigenvalue weighted by Crippen LogP contribution is -2.45. The summed E-state index contributed by atoms with van der Waals surface area (Å²) in [4.78, 5) is 33.8. The second-order valence-electron chi connectivity index (χ2n) is 4.70. The Morgan fingerprint density at radius 2 is 2.00 bits per heavy atom. The summed E-state index contributed by atoms with van der Waals surface area (Å²) in [5.74, 6) is -3.33. The van der Waals surface area contributed by atoms with Gasteiger partial charge in [0.1, 0.15) is 6.04 Å². The second-order valence-corrected chi connectivity index (χ2v) is 4.70. The molecule has 0 saturated carbocycles. The molecule has 1 aromatic carbocycles. The number of aliphatic carboxylic acids is 2. The summed E-state index contributed by atoms with van der Waals surface area (Å²) >= 11 is 0. The zero-order valence-corrected chi connectivity index (χ0v) is 11.1. The normalized spacial score (nSPS) is 18.4. The van der Waals surface area contributed by atoms with Gasteiger partial charge in [0, 0.05) is 0 Å². The van der Waals surface area contributed by atoms with Gasteiger partial charge in [-0.15, -0.1) is 0 Å². The molecule has 1 unspecified atom stereocenters. The summed E-state index contributed by atoms with van der Waals surface area (Å²) in [6.07, 6.45) is -0.919. The number of carbonyl (C=O) groups is 3. The number of ether oxygens (including phenoxy) is 1. The van der Waals surface area contributed by atoms with Gasteiger partial charge >= 0.3 is 11.9 Å². The van der Waals surface area contributed by atoms with Crippen LogP contribution in [0.15, 0.2) is 24.3 Å². The zero-order valence-electron chi connectivity index (χ0n) is 11.1. The van der Waals surface area contributed by atoms with Gasteiger partial charge < -0.3 is 20.3 Å². The van der Waals surface area contributed by atoms with Crippen molar-refractivity contribution in [2.45, 2.75) is 25.0 Å². The number of amides is 1. The van der Waals surface area contributed by atoms with Crippen molar-refractivity contribution in [2.75, 3.05) is 6.61 Å². The Morgan fingerprint density at radius 1 is 1.29 bits per heavy atom. The van der Waals surface area contributed by atoms with E-state index in [1.807, 2.05) is 12.1 Å². The molecule has 1 aromatic rings. The van der Waals surface area contributed by atoms with E-state index in [0.717, 1.165) is 5.56 Å². The number of nitrogens with one attached hydrogen (secondary N) is 1. The molecular formula is C14H15NO6. The van der Waals surface area contributed by atoms with E-state index in [9.17, 15) is 14.4 Å². The summed E-state index contributed by atoms with van der Waals surface area (Å²) in [6, 6.07) is 5.76. The number of hydrogen-bond donors (Lipinski definition) is 3. The Morgan fingerprint density at radius 3 is 2.67 bits per heavy atom. The molecule has 1 aliphatic heterocycles.